The number of hydrogen-bond acceptors (Lipinski definition) is 4. The molecule has 0 saturated heterocycles. The molecule has 0 aliphatic rings. The highest BCUT2D eigenvalue weighted by molar-refractivity contribution is 4.90. The lowest BCUT2D eigenvalue weighted by molar-refractivity contribution is 0.400. The molecule has 0 aliphatic carbocycles. The Kier molecular flexibility index (Phi) is 0.474. The molecule has 2 radical (unpaired) electrons. The smallest absolute Gasteiger partial charge is 0.292 e. The number of nitrogens with zero attached hydrogens (tertiary/aromatic N) is 4. The Balaban J connectivity index is 3.05. The van der Waals surface area contributed by atoms with E-state index in [0.717, 1.165) is 0 Å². The van der Waals surface area contributed by atoms with E-state index in [9.17, 15) is 0 Å². The summed E-state index contributed by atoms with van der Waals surface area (Å²) in [7, 11) is 0. The van der Waals surface area contributed by atoms with E-state index in [2.05, 4.69) is 20.1 Å². The first-order chi connectivity index (χ1) is 2.89. The minimum Gasteiger partial charge on any atom is -0.292 e. The van der Waals surface area contributed by atoms with Crippen LogP contribution in [-0.2, 0) is 0 Å². The van der Waals surface area contributed by atoms with Crippen LogP contribution in [0.25, 0.3) is 0 Å². The molecule has 0 saturated carbocycles. The lowest BCUT2D eigenvalue weighted by Crippen LogP contribution is -1.65. The predicted molar refractivity (Wildman–Crippen MR) is 13.9 cm³/mol. The van der Waals surface area contributed by atoms with Gasteiger partial charge in [0.15, 0.2) is 0 Å². The predicted octanol–water partition coefficient (Wildman–Crippen LogP) is -0.835. The third-order valence-electron chi connectivity index (χ3n) is 0.289. The zero-order valence-corrected chi connectivity index (χ0v) is 2.70. The van der Waals surface area contributed by atoms with Gasteiger partial charge in [-0.2, -0.15) is 0 Å². The maximum Gasteiger partial charge on any atom is 0.386 e. The molecule has 1 aromatic rings. The third-order valence-corrected chi connectivity index (χ3v) is 0.289. The van der Waals surface area contributed by atoms with Crippen molar-refractivity contribution in [2.75, 3.05) is 0 Å². The molecule has 1 rings (SSSR count). The summed E-state index contributed by atoms with van der Waals surface area (Å²) < 4.78 is 3.92. The van der Waals surface area contributed by atoms with Gasteiger partial charge in [-0.1, -0.05) is 10.8 Å². The first kappa shape index (κ1) is 3.08. The van der Waals surface area contributed by atoms with E-state index < -0.39 is 6.01 Å². The Morgan fingerprint density at radius 3 is 2.67 bits per heavy atom. The molecule has 30 valence electrons. The first-order valence-corrected chi connectivity index (χ1v) is 1.23. The standard InChI is InChI=1S/CN4O/c2-1-3-4-5-6-1. The van der Waals surface area contributed by atoms with Crippen molar-refractivity contribution in [1.82, 2.24) is 21.3 Å². The summed E-state index contributed by atoms with van der Waals surface area (Å²) in [6.45, 7) is 0. The van der Waals surface area contributed by atoms with Gasteiger partial charge < -0.3 is 0 Å². The molecule has 0 bridgehead atoms. The molecule has 0 fully saturated rings. The van der Waals surface area contributed by atoms with Crippen LogP contribution in [0.3, 0.4) is 0 Å². The maximum absolute atomic E-state index is 8.07. The van der Waals surface area contributed by atoms with Crippen molar-refractivity contribution in [3.63, 3.8) is 0 Å². The summed E-state index contributed by atoms with van der Waals surface area (Å²) in [5.74, 6) is 0. The van der Waals surface area contributed by atoms with Gasteiger partial charge in [-0.15, -0.1) is 0 Å². The minimum absolute atomic E-state index is 0.505. The van der Waals surface area contributed by atoms with E-state index >= 15 is 0 Å². The highest BCUT2D eigenvalue weighted by Crippen LogP contribution is 1.85. The van der Waals surface area contributed by atoms with Gasteiger partial charge in [0, 0.05) is 0 Å². The van der Waals surface area contributed by atoms with Crippen molar-refractivity contribution in [2.24, 2.45) is 0 Å². The molecule has 0 amide bonds. The molecule has 0 atom stereocenters. The molecular formula is CN4O. The average molecular weight is 84.0 g/mol. The summed E-state index contributed by atoms with van der Waals surface area (Å²) in [5, 5.41) is 8.69. The van der Waals surface area contributed by atoms with Crippen molar-refractivity contribution in [3.8, 4) is 0 Å². The van der Waals surface area contributed by atoms with Gasteiger partial charge in [0.2, 0.25) is 0 Å². The van der Waals surface area contributed by atoms with Gasteiger partial charge in [-0.3, -0.25) is 4.52 Å². The molecule has 0 aromatic carbocycles. The molecule has 0 spiro atoms. The van der Waals surface area contributed by atoms with Crippen molar-refractivity contribution in [1.29, 1.82) is 0 Å². The van der Waals surface area contributed by atoms with Crippen LogP contribution in [0.15, 0.2) is 4.52 Å². The maximum atomic E-state index is 8.07. The Bertz CT molecular complexity index is 111. The molecule has 5 nitrogen and oxygen atoms in total. The largest absolute Gasteiger partial charge is 0.386 e. The second-order valence-electron chi connectivity index (χ2n) is 0.645. The Morgan fingerprint density at radius 2 is 2.50 bits per heavy atom. The van der Waals surface area contributed by atoms with Crippen molar-refractivity contribution < 1.29 is 4.52 Å². The quantitative estimate of drug-likeness (QED) is 0.411. The fourth-order valence-electron chi connectivity index (χ4n) is 0.130. The van der Waals surface area contributed by atoms with Gasteiger partial charge in [0.05, 0.1) is 5.27 Å². The van der Waals surface area contributed by atoms with Crippen molar-refractivity contribution in [3.05, 3.63) is 0 Å². The van der Waals surface area contributed by atoms with Crippen LogP contribution in [0.4, 0.5) is 6.01 Å². The van der Waals surface area contributed by atoms with Gasteiger partial charge >= 0.3 is 6.01 Å². The fraction of sp³-hybridized carbons (Fsp3) is 0. The van der Waals surface area contributed by atoms with E-state index in [0.29, 0.717) is 0 Å². The Hall–Kier alpha value is -1.13. The minimum atomic E-state index is -0.505. The number of rotatable bonds is 0. The second kappa shape index (κ2) is 0.925. The molecule has 6 heavy (non-hydrogen) atoms. The summed E-state index contributed by atoms with van der Waals surface area (Å²) in [6, 6.07) is -0.505. The van der Waals surface area contributed by atoms with E-state index in [4.69, 9.17) is 5.73 Å². The normalized spacial score (nSPS) is 8.67. The first-order valence-electron chi connectivity index (χ1n) is 1.23. The molecule has 0 N–H and O–H groups in total. The topological polar surface area (TPSA) is 74.1 Å². The molecule has 0 unspecified atom stereocenters. The summed E-state index contributed by atoms with van der Waals surface area (Å²) >= 11 is 0. The molecule has 1 heterocycles. The van der Waals surface area contributed by atoms with E-state index in [-0.39, 0.29) is 0 Å². The van der Waals surface area contributed by atoms with Gasteiger partial charge in [0.1, 0.15) is 0 Å². The Labute approximate surface area is 33.1 Å². The van der Waals surface area contributed by atoms with Crippen molar-refractivity contribution in [2.45, 2.75) is 0 Å². The van der Waals surface area contributed by atoms with Crippen LogP contribution in [-0.4, -0.2) is 15.6 Å². The molecule has 5 heteroatoms. The highest BCUT2D eigenvalue weighted by Gasteiger charge is 1.87. The van der Waals surface area contributed by atoms with Gasteiger partial charge in [0.25, 0.3) is 0 Å². The van der Waals surface area contributed by atoms with Crippen LogP contribution in [0.2, 0.25) is 0 Å². The zero-order valence-electron chi connectivity index (χ0n) is 2.70. The lowest BCUT2D eigenvalue weighted by Gasteiger charge is -1.55. The SMILES string of the molecule is [N]c1nnno1. The summed E-state index contributed by atoms with van der Waals surface area (Å²) in [4.78, 5) is 0. The van der Waals surface area contributed by atoms with Crippen LogP contribution in [0.1, 0.15) is 0 Å². The van der Waals surface area contributed by atoms with Crippen LogP contribution in [0.5, 0.6) is 0 Å². The van der Waals surface area contributed by atoms with Gasteiger partial charge in [-0.05, 0) is 5.21 Å². The number of aromatic nitrogens is 3. The Morgan fingerprint density at radius 1 is 1.67 bits per heavy atom. The monoisotopic (exact) mass is 84.0 g/mol. The van der Waals surface area contributed by atoms with Crippen molar-refractivity contribution >= 4 is 6.01 Å². The summed E-state index contributed by atoms with van der Waals surface area (Å²) in [5.41, 5.74) is 8.07. The van der Waals surface area contributed by atoms with Gasteiger partial charge in [-0.25, -0.2) is 0 Å². The third kappa shape index (κ3) is 0.291. The van der Waals surface area contributed by atoms with E-state index in [1.165, 1.54) is 0 Å². The van der Waals surface area contributed by atoms with Crippen LogP contribution < -0.4 is 5.73 Å². The fourth-order valence-corrected chi connectivity index (χ4v) is 0.130. The zero-order chi connectivity index (χ0) is 4.41. The second-order valence-corrected chi connectivity index (χ2v) is 0.645. The molecule has 0 aliphatic heterocycles. The van der Waals surface area contributed by atoms with E-state index in [1.54, 1.807) is 0 Å². The molecular weight excluding hydrogens is 84.0 g/mol. The summed E-state index contributed by atoms with van der Waals surface area (Å²) in [6.07, 6.45) is 0. The highest BCUT2D eigenvalue weighted by atomic mass is 16.5. The van der Waals surface area contributed by atoms with Crippen LogP contribution >= 0.6 is 0 Å². The average Bonchev–Trinajstić information content (AvgIpc) is 1.86. The number of hydrogen-bond donors (Lipinski definition) is 0. The van der Waals surface area contributed by atoms with Crippen LogP contribution in [0, 0.1) is 0 Å². The lowest BCUT2D eigenvalue weighted by atomic mass is 11.2. The van der Waals surface area contributed by atoms with E-state index in [1.807, 2.05) is 0 Å². The molecule has 1 aromatic heterocycles.